The normalized spacial score (nSPS) is 40.8. The fraction of sp³-hybridized carbons (Fsp3) is 0.800. The molecule has 7 unspecified atom stereocenters. The Morgan fingerprint density at radius 3 is 2.43 bits per heavy atom. The van der Waals surface area contributed by atoms with Gasteiger partial charge in [-0.05, 0) is 19.8 Å². The molecule has 2 aliphatic heterocycles. The molecule has 7 N–H and O–H groups in total. The highest BCUT2D eigenvalue weighted by atomic mass is 32.7. The molecule has 42 heavy (non-hydrogen) atoms. The Hall–Kier alpha value is -1.09. The van der Waals surface area contributed by atoms with Gasteiger partial charge in [-0.3, -0.25) is 23.4 Å². The van der Waals surface area contributed by atoms with Crippen molar-refractivity contribution in [3.8, 4) is 0 Å². The molecular formula is C20H30F2N2O15P2S. The van der Waals surface area contributed by atoms with Gasteiger partial charge in [0.2, 0.25) is 0 Å². The molecule has 17 nitrogen and oxygen atoms in total. The Labute approximate surface area is 240 Å². The summed E-state index contributed by atoms with van der Waals surface area (Å²) in [5.74, 6) is -0.766. The van der Waals surface area contributed by atoms with E-state index in [4.69, 9.17) is 19.1 Å². The lowest BCUT2D eigenvalue weighted by atomic mass is 9.85. The first-order valence-corrected chi connectivity index (χ1v) is 16.5. The van der Waals surface area contributed by atoms with E-state index in [1.807, 2.05) is 4.98 Å². The summed E-state index contributed by atoms with van der Waals surface area (Å²) in [6.07, 6.45) is -15.4. The zero-order valence-electron chi connectivity index (χ0n) is 21.6. The average molecular weight is 670 g/mol. The number of aromatic nitrogens is 2. The van der Waals surface area contributed by atoms with Gasteiger partial charge in [0.15, 0.2) is 24.4 Å². The van der Waals surface area contributed by atoms with Crippen molar-refractivity contribution in [2.45, 2.75) is 80.2 Å². The Morgan fingerprint density at radius 2 is 1.86 bits per heavy atom. The lowest BCUT2D eigenvalue weighted by Gasteiger charge is -2.41. The van der Waals surface area contributed by atoms with Crippen LogP contribution in [0.1, 0.15) is 26.0 Å². The number of nitrogens with one attached hydrogen (secondary N) is 1. The van der Waals surface area contributed by atoms with Gasteiger partial charge in [0.05, 0.1) is 13.2 Å². The molecule has 0 radical (unpaired) electrons. The average Bonchev–Trinajstić information content (AvgIpc) is 3.73. The minimum atomic E-state index is -5.62. The topological polar surface area (TPSA) is 257 Å². The molecule has 1 aromatic heterocycles. The van der Waals surface area contributed by atoms with Crippen LogP contribution in [-0.4, -0.2) is 107 Å². The van der Waals surface area contributed by atoms with Gasteiger partial charge >= 0.3 is 20.3 Å². The number of hydrogen-bond acceptors (Lipinski definition) is 14. The number of thiol groups is 1. The number of rotatable bonds is 11. The molecule has 0 amide bonds. The number of phosphoric acid groups is 1. The molecule has 1 aromatic rings. The van der Waals surface area contributed by atoms with Gasteiger partial charge in [-0.2, -0.15) is 4.31 Å². The van der Waals surface area contributed by atoms with Crippen LogP contribution in [0.15, 0.2) is 21.9 Å². The minimum absolute atomic E-state index is 0.324. The number of ether oxygens (including phenoxy) is 2. The number of aliphatic hydroxyl groups excluding tert-OH is 5. The fourth-order valence-electron chi connectivity index (χ4n) is 4.84. The number of alkyl halides is 2. The van der Waals surface area contributed by atoms with Crippen molar-refractivity contribution >= 4 is 26.9 Å². The summed E-state index contributed by atoms with van der Waals surface area (Å²) in [6, 6.07) is 0.928. The van der Waals surface area contributed by atoms with Crippen molar-refractivity contribution in [3.63, 3.8) is 0 Å². The highest BCUT2D eigenvalue weighted by molar-refractivity contribution is 8.45. The quantitative estimate of drug-likeness (QED) is 0.0998. The van der Waals surface area contributed by atoms with E-state index in [1.54, 1.807) is 0 Å². The number of aliphatic hydroxyl groups is 5. The second-order valence-electron chi connectivity index (χ2n) is 10.3. The maximum Gasteiger partial charge on any atom is 0.482 e. The third-order valence-corrected chi connectivity index (χ3v) is 10.7. The maximum atomic E-state index is 16.4. The number of hydrogen-bond donors (Lipinski definition) is 8. The highest BCUT2D eigenvalue weighted by Gasteiger charge is 2.69. The van der Waals surface area contributed by atoms with Gasteiger partial charge in [-0.15, -0.1) is 0 Å². The Morgan fingerprint density at radius 1 is 1.21 bits per heavy atom. The summed E-state index contributed by atoms with van der Waals surface area (Å²) in [4.78, 5) is 35.9. The van der Waals surface area contributed by atoms with Gasteiger partial charge in [-0.1, -0.05) is 12.2 Å². The monoisotopic (exact) mass is 670 g/mol. The van der Waals surface area contributed by atoms with E-state index in [0.29, 0.717) is 17.4 Å². The van der Waals surface area contributed by atoms with Crippen LogP contribution in [0.2, 0.25) is 0 Å². The number of H-pyrrole nitrogens is 1. The van der Waals surface area contributed by atoms with Gasteiger partial charge in [-0.25, -0.2) is 22.7 Å². The lowest BCUT2D eigenvalue weighted by Crippen LogP contribution is -2.60. The number of phosphoric ester groups is 1. The lowest BCUT2D eigenvalue weighted by molar-refractivity contribution is -0.287. The molecule has 3 heterocycles. The second kappa shape index (κ2) is 12.0. The summed E-state index contributed by atoms with van der Waals surface area (Å²) in [5, 5.41) is 49.7. The van der Waals surface area contributed by atoms with Crippen LogP contribution >= 0.6 is 26.9 Å². The van der Waals surface area contributed by atoms with E-state index in [0.717, 1.165) is 19.2 Å². The van der Waals surface area contributed by atoms with Crippen LogP contribution < -0.4 is 11.2 Å². The number of aromatic amines is 1. The summed E-state index contributed by atoms with van der Waals surface area (Å²) < 4.78 is 80.9. The fourth-order valence-corrected chi connectivity index (χ4v) is 8.08. The zero-order valence-corrected chi connectivity index (χ0v) is 24.3. The van der Waals surface area contributed by atoms with Crippen molar-refractivity contribution in [1.82, 2.24) is 9.55 Å². The first kappa shape index (κ1) is 33.8. The van der Waals surface area contributed by atoms with E-state index < -0.39 is 105 Å². The van der Waals surface area contributed by atoms with E-state index in [-0.39, 0.29) is 0 Å². The minimum Gasteiger partial charge on any atom is -0.393 e. The predicted molar refractivity (Wildman–Crippen MR) is 136 cm³/mol. The zero-order chi connectivity index (χ0) is 31.4. The first-order valence-electron chi connectivity index (χ1n) is 12.4. The molecule has 3 fully saturated rings. The number of halogens is 2. The van der Waals surface area contributed by atoms with Crippen LogP contribution in [0.4, 0.5) is 8.78 Å². The van der Waals surface area contributed by atoms with Crippen LogP contribution in [0, 0.1) is 5.92 Å². The van der Waals surface area contributed by atoms with Gasteiger partial charge in [0.1, 0.15) is 36.1 Å². The molecule has 1 aliphatic carbocycles. The summed E-state index contributed by atoms with van der Waals surface area (Å²) in [6.45, 7) is -6.06. The highest BCUT2D eigenvalue weighted by Crippen LogP contribution is 2.67. The third kappa shape index (κ3) is 6.62. The maximum absolute atomic E-state index is 16.4. The van der Waals surface area contributed by atoms with E-state index in [2.05, 4.69) is 21.1 Å². The largest absolute Gasteiger partial charge is 0.482 e. The smallest absolute Gasteiger partial charge is 0.393 e. The second-order valence-corrected chi connectivity index (χ2v) is 14.8. The molecule has 240 valence electrons. The molecule has 12 atom stereocenters. The van der Waals surface area contributed by atoms with Crippen molar-refractivity contribution in [2.24, 2.45) is 5.92 Å². The van der Waals surface area contributed by atoms with Gasteiger partial charge in [0, 0.05) is 18.2 Å². The summed E-state index contributed by atoms with van der Waals surface area (Å²) >= 11 is 3.56. The van der Waals surface area contributed by atoms with Crippen molar-refractivity contribution in [3.05, 3.63) is 33.1 Å². The van der Waals surface area contributed by atoms with E-state index in [1.165, 1.54) is 0 Å². The predicted octanol–water partition coefficient (Wildman–Crippen LogP) is -1.37. The Kier molecular flexibility index (Phi) is 9.67. The van der Waals surface area contributed by atoms with Gasteiger partial charge < -0.3 is 39.9 Å². The molecule has 2 saturated heterocycles. The SMILES string of the molecule is C[C@]1(COP(=O)(S)OP(=O)(O)OC2OC([C@@H](F)CO)C(O)C(O)C2O)O[C@@H](n2ccc(=O)[nH]c2=O)[C@@](F)(C2CC2)[C@@H]1O. The van der Waals surface area contributed by atoms with Crippen LogP contribution in [0.25, 0.3) is 0 Å². The van der Waals surface area contributed by atoms with E-state index >= 15 is 4.39 Å². The molecule has 22 heteroatoms. The van der Waals surface area contributed by atoms with E-state index in [9.17, 15) is 48.4 Å². The standard InChI is InChI=1S/C20H30F2N2O15P2S/c1-19(16(30)20(22,8-2-3-8)17(37-19)24-5-4-10(26)23-18(24)31)7-35-41(34,42)39-40(32,33)38-15-13(29)11(27)12(28)14(36-15)9(21)6-25/h4-5,8-9,11-17,25,27-30H,2-3,6-7H2,1H3,(H,32,33)(H,34,42)(H,23,26,31)/t9-,11?,12?,13?,14?,15?,16+,17+,19+,20+,41?/m0/s1. The molecule has 0 spiro atoms. The van der Waals surface area contributed by atoms with Crippen molar-refractivity contribution in [2.75, 3.05) is 13.2 Å². The van der Waals surface area contributed by atoms with Crippen molar-refractivity contribution in [1.29, 1.82) is 0 Å². The Bertz CT molecular complexity index is 1370. The van der Waals surface area contributed by atoms with Crippen molar-refractivity contribution < 1.29 is 71.2 Å². The Balaban J connectivity index is 1.47. The number of nitrogens with zero attached hydrogens (tertiary/aromatic N) is 1. The summed E-state index contributed by atoms with van der Waals surface area (Å²) in [5.41, 5.74) is -6.48. The summed E-state index contributed by atoms with van der Waals surface area (Å²) in [7, 11) is -5.62. The van der Waals surface area contributed by atoms with Crippen LogP contribution in [-0.2, 0) is 32.0 Å². The molecule has 0 aromatic carbocycles. The van der Waals surface area contributed by atoms with Crippen LogP contribution in [0.3, 0.4) is 0 Å². The third-order valence-electron chi connectivity index (χ3n) is 7.16. The molecule has 3 aliphatic rings. The molecule has 4 rings (SSSR count). The molecule has 0 bridgehead atoms. The van der Waals surface area contributed by atoms with Gasteiger partial charge in [0.25, 0.3) is 5.56 Å². The van der Waals surface area contributed by atoms with Crippen LogP contribution in [0.5, 0.6) is 0 Å². The molecule has 1 saturated carbocycles. The first-order chi connectivity index (χ1) is 19.3. The molecular weight excluding hydrogens is 640 g/mol.